The monoisotopic (exact) mass is 1580 g/mol. The Morgan fingerprint density at radius 1 is 0.200 bits per heavy atom. The summed E-state index contributed by atoms with van der Waals surface area (Å²) in [6.07, 6.45) is 0. The van der Waals surface area contributed by atoms with E-state index < -0.39 is 0 Å². The van der Waals surface area contributed by atoms with Crippen LogP contribution in [-0.4, -0.2) is 39.0 Å². The average molecular weight is 1590 g/mol. The minimum absolute atomic E-state index is 0.644. The standard InChI is InChI=1S/C57H34N4S2.C51H30N4OS/c1-4-15-35(16-5-1)55-58-56(36-17-6-2-7-18-36)60-57(59-55)47-33-40(32-46-43-24-11-13-26-51(43)62-53(46)47)38-20-14-19-37(31-38)39-27-28-45-49(34-39)61(41-21-8-3-9-22-41)48-30-29-44-42-23-10-12-25-50(42)63-54(44)52(45)48;1-3-14-31(15-4-1)49-52-50(32-16-5-2-6-17-32)54-51(53-49)41-30-34(29-40-37-21-9-12-25-45(37)57-48(40)41)33-18-13-19-35(28-33)55-42-23-10-7-22-39(42)46-43(55)27-26-38-36-20-8-11-24-44(36)56-47(38)46/h1-34H;1-30H. The van der Waals surface area contributed by atoms with E-state index in [1.54, 1.807) is 22.7 Å². The van der Waals surface area contributed by atoms with Crippen LogP contribution in [0.4, 0.5) is 0 Å². The van der Waals surface area contributed by atoms with Crippen molar-refractivity contribution in [1.82, 2.24) is 39.0 Å². The van der Waals surface area contributed by atoms with Crippen molar-refractivity contribution in [2.45, 2.75) is 0 Å². The molecule has 12 heteroatoms. The first-order chi connectivity index (χ1) is 59.5. The Bertz CT molecular complexity index is 8300. The fourth-order valence-electron chi connectivity index (χ4n) is 17.7. The minimum atomic E-state index is 0.644. The van der Waals surface area contributed by atoms with Gasteiger partial charge in [-0.3, -0.25) is 0 Å². The van der Waals surface area contributed by atoms with Crippen LogP contribution in [0.5, 0.6) is 0 Å². The van der Waals surface area contributed by atoms with Crippen LogP contribution in [0.25, 0.3) is 239 Å². The number of nitrogens with zero attached hydrogens (tertiary/aromatic N) is 8. The second-order valence-electron chi connectivity index (χ2n) is 30.3. The van der Waals surface area contributed by atoms with E-state index in [-0.39, 0.29) is 0 Å². The maximum absolute atomic E-state index is 6.58. The molecule has 0 saturated heterocycles. The summed E-state index contributed by atoms with van der Waals surface area (Å²) in [6.45, 7) is 0. The van der Waals surface area contributed by atoms with Gasteiger partial charge in [-0.2, -0.15) is 0 Å². The van der Waals surface area contributed by atoms with E-state index in [1.807, 2.05) is 96.3 Å². The minimum Gasteiger partial charge on any atom is -0.455 e. The maximum Gasteiger partial charge on any atom is 0.165 e. The number of thiophene rings is 3. The first-order valence-electron chi connectivity index (χ1n) is 40.1. The van der Waals surface area contributed by atoms with Gasteiger partial charge in [0, 0.05) is 132 Å². The number of hydrogen-bond donors (Lipinski definition) is 0. The molecule has 25 rings (SSSR count). The third-order valence-corrected chi connectivity index (χ3v) is 26.9. The summed E-state index contributed by atoms with van der Waals surface area (Å²) in [5, 5.41) is 14.5. The molecule has 0 atom stereocenters. The third-order valence-electron chi connectivity index (χ3n) is 23.3. The quantitative estimate of drug-likeness (QED) is 0.127. The fraction of sp³-hybridized carbons (Fsp3) is 0. The molecule has 0 amide bonds. The molecule has 0 aliphatic heterocycles. The zero-order chi connectivity index (χ0) is 78.9. The lowest BCUT2D eigenvalue weighted by Gasteiger charge is -2.13. The smallest absolute Gasteiger partial charge is 0.165 e. The molecular formula is C108H64N8OS3. The van der Waals surface area contributed by atoms with Gasteiger partial charge in [0.2, 0.25) is 0 Å². The summed E-state index contributed by atoms with van der Waals surface area (Å²) >= 11 is 5.47. The first kappa shape index (κ1) is 69.2. The SMILES string of the molecule is c1ccc(-c2nc(-c3ccccc3)nc(-c3cc(-c4cccc(-c5ccc6c7c8sc9ccccc9c8ccc7n(-c7ccccc7)c6c5)c4)cc4c3sc3ccccc34)n2)cc1.c1ccc(-c2nc(-c3ccccc3)nc(-c3cc(-c4cccc(-n5c6ccccc6c6c7oc8ccccc8c7ccc65)c4)cc4c3sc3ccccc34)n2)cc1. The summed E-state index contributed by atoms with van der Waals surface area (Å²) in [6, 6.07) is 138. The predicted octanol–water partition coefficient (Wildman–Crippen LogP) is 29.9. The molecule has 8 heterocycles. The second-order valence-corrected chi connectivity index (χ2v) is 33.5. The number of para-hydroxylation sites is 3. The van der Waals surface area contributed by atoms with Gasteiger partial charge in [-0.25, -0.2) is 29.9 Å². The Hall–Kier alpha value is -15.2. The van der Waals surface area contributed by atoms with Crippen LogP contribution in [0.15, 0.2) is 393 Å². The fourth-order valence-corrected chi connectivity index (χ4v) is 21.4. The molecule has 9 nitrogen and oxygen atoms in total. The number of benzene rings is 17. The Morgan fingerprint density at radius 2 is 0.575 bits per heavy atom. The van der Waals surface area contributed by atoms with E-state index in [1.165, 1.54) is 72.9 Å². The highest BCUT2D eigenvalue weighted by molar-refractivity contribution is 7.27. The highest BCUT2D eigenvalue weighted by atomic mass is 32.1. The van der Waals surface area contributed by atoms with Crippen molar-refractivity contribution in [2.24, 2.45) is 0 Å². The van der Waals surface area contributed by atoms with Crippen molar-refractivity contribution in [3.8, 4) is 113 Å². The van der Waals surface area contributed by atoms with Crippen LogP contribution in [0.2, 0.25) is 0 Å². The van der Waals surface area contributed by atoms with Crippen molar-refractivity contribution in [2.75, 3.05) is 0 Å². The van der Waals surface area contributed by atoms with E-state index >= 15 is 0 Å². The summed E-state index contributed by atoms with van der Waals surface area (Å²) in [7, 11) is 0. The summed E-state index contributed by atoms with van der Waals surface area (Å²) in [5.41, 5.74) is 21.2. The molecule has 120 heavy (non-hydrogen) atoms. The molecule has 0 saturated carbocycles. The second kappa shape index (κ2) is 28.3. The Morgan fingerprint density at radius 3 is 1.12 bits per heavy atom. The van der Waals surface area contributed by atoms with Crippen molar-refractivity contribution < 1.29 is 4.42 Å². The zero-order valence-corrected chi connectivity index (χ0v) is 66.6. The first-order valence-corrected chi connectivity index (χ1v) is 42.6. The molecule has 0 unspecified atom stereocenters. The van der Waals surface area contributed by atoms with Crippen LogP contribution >= 0.6 is 34.0 Å². The van der Waals surface area contributed by atoms with Gasteiger partial charge in [0.15, 0.2) is 34.9 Å². The van der Waals surface area contributed by atoms with E-state index in [2.05, 4.69) is 312 Å². The lowest BCUT2D eigenvalue weighted by atomic mass is 9.95. The van der Waals surface area contributed by atoms with Crippen molar-refractivity contribution in [1.29, 1.82) is 0 Å². The molecule has 0 N–H and O–H groups in total. The number of hydrogen-bond acceptors (Lipinski definition) is 10. The number of fused-ring (bicyclic) bond motifs is 20. The maximum atomic E-state index is 6.58. The van der Waals surface area contributed by atoms with Gasteiger partial charge >= 0.3 is 0 Å². The van der Waals surface area contributed by atoms with Crippen LogP contribution < -0.4 is 0 Å². The molecule has 0 spiro atoms. The highest BCUT2D eigenvalue weighted by Gasteiger charge is 2.26. The summed E-state index contributed by atoms with van der Waals surface area (Å²) in [5.74, 6) is 3.89. The van der Waals surface area contributed by atoms with Crippen LogP contribution in [0.3, 0.4) is 0 Å². The van der Waals surface area contributed by atoms with Gasteiger partial charge in [-0.1, -0.05) is 279 Å². The van der Waals surface area contributed by atoms with Crippen LogP contribution in [0, 0.1) is 0 Å². The molecule has 0 bridgehead atoms. The number of aromatic nitrogens is 8. The molecule has 0 fully saturated rings. The molecule has 0 aliphatic carbocycles. The van der Waals surface area contributed by atoms with Gasteiger partial charge in [0.05, 0.1) is 27.5 Å². The van der Waals surface area contributed by atoms with Gasteiger partial charge in [-0.05, 0) is 143 Å². The number of rotatable bonds is 11. The number of furan rings is 1. The molecule has 0 aliphatic rings. The molecule has 560 valence electrons. The van der Waals surface area contributed by atoms with Gasteiger partial charge in [0.1, 0.15) is 11.2 Å². The largest absolute Gasteiger partial charge is 0.455 e. The average Bonchev–Trinajstić information content (AvgIpc) is 1.56. The van der Waals surface area contributed by atoms with Crippen LogP contribution in [0.1, 0.15) is 0 Å². The Balaban J connectivity index is 0.000000137. The topological polar surface area (TPSA) is 100 Å². The van der Waals surface area contributed by atoms with Crippen molar-refractivity contribution >= 4 is 160 Å². The highest BCUT2D eigenvalue weighted by Crippen LogP contribution is 2.49. The van der Waals surface area contributed by atoms with Crippen molar-refractivity contribution in [3.05, 3.63) is 388 Å². The Kier molecular flexibility index (Phi) is 16.3. The normalized spacial score (nSPS) is 11.8. The van der Waals surface area contributed by atoms with E-state index in [0.29, 0.717) is 34.9 Å². The lowest BCUT2D eigenvalue weighted by molar-refractivity contribution is 0.673. The molecule has 25 aromatic rings. The van der Waals surface area contributed by atoms with Gasteiger partial charge in [0.25, 0.3) is 0 Å². The van der Waals surface area contributed by atoms with Crippen LogP contribution in [-0.2, 0) is 0 Å². The van der Waals surface area contributed by atoms with Crippen molar-refractivity contribution in [3.63, 3.8) is 0 Å². The third kappa shape index (κ3) is 11.6. The van der Waals surface area contributed by atoms with Gasteiger partial charge in [-0.15, -0.1) is 34.0 Å². The molecule has 0 radical (unpaired) electrons. The van der Waals surface area contributed by atoms with E-state index in [4.69, 9.17) is 34.3 Å². The van der Waals surface area contributed by atoms with Gasteiger partial charge < -0.3 is 13.6 Å². The molecular weight excluding hydrogens is 1520 g/mol. The summed E-state index contributed by atoms with van der Waals surface area (Å²) in [4.78, 5) is 30.8. The molecule has 17 aromatic carbocycles. The predicted molar refractivity (Wildman–Crippen MR) is 503 cm³/mol. The lowest BCUT2D eigenvalue weighted by Crippen LogP contribution is -2.00. The molecule has 8 aromatic heterocycles. The zero-order valence-electron chi connectivity index (χ0n) is 64.2. The van der Waals surface area contributed by atoms with E-state index in [9.17, 15) is 0 Å². The Labute approximate surface area is 699 Å². The summed E-state index contributed by atoms with van der Waals surface area (Å²) < 4.78 is 18.8. The van der Waals surface area contributed by atoms with E-state index in [0.717, 1.165) is 131 Å².